The molecule has 0 radical (unpaired) electrons. The van der Waals surface area contributed by atoms with Crippen LogP contribution in [-0.4, -0.2) is 21.2 Å². The van der Waals surface area contributed by atoms with Gasteiger partial charge in [0.2, 0.25) is 0 Å². The number of aryl methyl sites for hydroxylation is 1. The molecule has 0 fully saturated rings. The Kier molecular flexibility index (Phi) is 5.57. The van der Waals surface area contributed by atoms with E-state index in [0.29, 0.717) is 22.8 Å². The smallest absolute Gasteiger partial charge is 0.298 e. The minimum Gasteiger partial charge on any atom is -0.327 e. The molecule has 0 unspecified atom stereocenters. The Labute approximate surface area is 183 Å². The lowest BCUT2D eigenvalue weighted by Gasteiger charge is -2.08. The normalized spacial score (nSPS) is 10.9. The van der Waals surface area contributed by atoms with Crippen molar-refractivity contribution in [1.29, 1.82) is 0 Å². The number of hydrogen-bond donors (Lipinski definition) is 1. The second kappa shape index (κ2) is 8.30. The van der Waals surface area contributed by atoms with Crippen LogP contribution in [0.25, 0.3) is 10.9 Å². The maximum atomic E-state index is 13.1. The zero-order valence-corrected chi connectivity index (χ0v) is 17.5. The molecule has 5 nitrogen and oxygen atoms in total. The SMILES string of the molecule is Cc1ccc2c(c1)c(C(=O)C(=O)Nc1ccccn1)c(Cl)n2Cc1ccc(Cl)cc1. The van der Waals surface area contributed by atoms with Crippen LogP contribution in [0.4, 0.5) is 5.82 Å². The summed E-state index contributed by atoms with van der Waals surface area (Å²) in [7, 11) is 0. The number of pyridine rings is 1. The van der Waals surface area contributed by atoms with Gasteiger partial charge in [-0.25, -0.2) is 4.98 Å². The van der Waals surface area contributed by atoms with Crippen molar-refractivity contribution in [1.82, 2.24) is 9.55 Å². The lowest BCUT2D eigenvalue weighted by molar-refractivity contribution is -0.112. The molecule has 2 aromatic heterocycles. The molecular weight excluding hydrogens is 421 g/mol. The molecule has 1 N–H and O–H groups in total. The molecule has 0 aliphatic heterocycles. The van der Waals surface area contributed by atoms with Crippen molar-refractivity contribution in [2.75, 3.05) is 5.32 Å². The molecule has 4 aromatic rings. The number of nitrogens with one attached hydrogen (secondary N) is 1. The molecule has 2 heterocycles. The molecular formula is C23H17Cl2N3O2. The molecule has 0 saturated carbocycles. The molecule has 0 bridgehead atoms. The van der Waals surface area contributed by atoms with Gasteiger partial charge in [0.15, 0.2) is 0 Å². The monoisotopic (exact) mass is 437 g/mol. The van der Waals surface area contributed by atoms with Crippen molar-refractivity contribution in [3.63, 3.8) is 0 Å². The van der Waals surface area contributed by atoms with Crippen molar-refractivity contribution in [3.8, 4) is 0 Å². The number of ketones is 1. The summed E-state index contributed by atoms with van der Waals surface area (Å²) >= 11 is 12.6. The second-order valence-corrected chi connectivity index (χ2v) is 7.69. The highest BCUT2D eigenvalue weighted by Gasteiger charge is 2.27. The number of fused-ring (bicyclic) bond motifs is 1. The third kappa shape index (κ3) is 3.95. The van der Waals surface area contributed by atoms with Gasteiger partial charge < -0.3 is 9.88 Å². The zero-order valence-electron chi connectivity index (χ0n) is 16.0. The summed E-state index contributed by atoms with van der Waals surface area (Å²) < 4.78 is 1.82. The van der Waals surface area contributed by atoms with Gasteiger partial charge in [0, 0.05) is 23.2 Å². The van der Waals surface area contributed by atoms with E-state index in [1.807, 2.05) is 41.8 Å². The molecule has 0 spiro atoms. The third-order valence-electron chi connectivity index (χ3n) is 4.75. The van der Waals surface area contributed by atoms with Crippen LogP contribution in [0.5, 0.6) is 0 Å². The Morgan fingerprint density at radius 3 is 2.50 bits per heavy atom. The summed E-state index contributed by atoms with van der Waals surface area (Å²) in [5, 5.41) is 4.02. The van der Waals surface area contributed by atoms with Gasteiger partial charge in [0.05, 0.1) is 11.1 Å². The summed E-state index contributed by atoms with van der Waals surface area (Å²) in [6.07, 6.45) is 1.54. The number of Topliss-reactive ketones (excluding diaryl/α,β-unsaturated/α-hetero) is 1. The Bertz CT molecular complexity index is 1250. The number of nitrogens with zero attached hydrogens (tertiary/aromatic N) is 2. The Balaban J connectivity index is 1.76. The molecule has 4 rings (SSSR count). The Morgan fingerprint density at radius 2 is 1.80 bits per heavy atom. The van der Waals surface area contributed by atoms with Gasteiger partial charge in [-0.1, -0.05) is 53.0 Å². The van der Waals surface area contributed by atoms with Crippen LogP contribution in [0.2, 0.25) is 10.2 Å². The van der Waals surface area contributed by atoms with Crippen LogP contribution in [0.3, 0.4) is 0 Å². The number of anilines is 1. The van der Waals surface area contributed by atoms with Crippen molar-refractivity contribution >= 4 is 51.6 Å². The van der Waals surface area contributed by atoms with E-state index in [4.69, 9.17) is 23.2 Å². The largest absolute Gasteiger partial charge is 0.327 e. The van der Waals surface area contributed by atoms with Gasteiger partial charge in [-0.3, -0.25) is 9.59 Å². The fourth-order valence-corrected chi connectivity index (χ4v) is 3.77. The lowest BCUT2D eigenvalue weighted by Crippen LogP contribution is -2.23. The molecule has 1 amide bonds. The molecule has 0 saturated heterocycles. The van der Waals surface area contributed by atoms with E-state index in [9.17, 15) is 9.59 Å². The highest BCUT2D eigenvalue weighted by atomic mass is 35.5. The van der Waals surface area contributed by atoms with E-state index in [-0.39, 0.29) is 10.7 Å². The van der Waals surface area contributed by atoms with Crippen LogP contribution in [0.1, 0.15) is 21.5 Å². The topological polar surface area (TPSA) is 64.0 Å². The fourth-order valence-electron chi connectivity index (χ4n) is 3.30. The number of carbonyl (C=O) groups excluding carboxylic acids is 2. The summed E-state index contributed by atoms with van der Waals surface area (Å²) in [6, 6.07) is 18.2. The minimum absolute atomic E-state index is 0.178. The van der Waals surface area contributed by atoms with Crippen LogP contribution < -0.4 is 5.32 Å². The lowest BCUT2D eigenvalue weighted by atomic mass is 10.1. The first-order chi connectivity index (χ1) is 14.4. The van der Waals surface area contributed by atoms with E-state index in [1.54, 1.807) is 30.3 Å². The number of rotatable bonds is 5. The molecule has 0 aliphatic carbocycles. The molecule has 0 aliphatic rings. The van der Waals surface area contributed by atoms with Gasteiger partial charge in [-0.2, -0.15) is 0 Å². The van der Waals surface area contributed by atoms with Gasteiger partial charge in [-0.15, -0.1) is 0 Å². The van der Waals surface area contributed by atoms with Crippen molar-refractivity contribution in [2.45, 2.75) is 13.5 Å². The number of halogens is 2. The quantitative estimate of drug-likeness (QED) is 0.330. The average Bonchev–Trinajstić information content (AvgIpc) is 3.00. The highest BCUT2D eigenvalue weighted by molar-refractivity contribution is 6.51. The third-order valence-corrected chi connectivity index (χ3v) is 5.39. The highest BCUT2D eigenvalue weighted by Crippen LogP contribution is 2.32. The first kappa shape index (κ1) is 20.1. The predicted octanol–water partition coefficient (Wildman–Crippen LogP) is 5.52. The van der Waals surface area contributed by atoms with E-state index >= 15 is 0 Å². The fraction of sp³-hybridized carbons (Fsp3) is 0.0870. The molecule has 150 valence electrons. The number of hydrogen-bond acceptors (Lipinski definition) is 3. The van der Waals surface area contributed by atoms with E-state index < -0.39 is 11.7 Å². The summed E-state index contributed by atoms with van der Waals surface area (Å²) in [4.78, 5) is 29.7. The Morgan fingerprint density at radius 1 is 1.03 bits per heavy atom. The van der Waals surface area contributed by atoms with E-state index in [2.05, 4.69) is 10.3 Å². The zero-order chi connectivity index (χ0) is 21.3. The van der Waals surface area contributed by atoms with Crippen LogP contribution in [0.15, 0.2) is 66.9 Å². The van der Waals surface area contributed by atoms with E-state index in [1.165, 1.54) is 6.20 Å². The van der Waals surface area contributed by atoms with Crippen LogP contribution >= 0.6 is 23.2 Å². The van der Waals surface area contributed by atoms with E-state index in [0.717, 1.165) is 16.6 Å². The first-order valence-electron chi connectivity index (χ1n) is 9.23. The van der Waals surface area contributed by atoms with Gasteiger partial charge in [0.1, 0.15) is 11.0 Å². The first-order valence-corrected chi connectivity index (χ1v) is 9.99. The number of carbonyl (C=O) groups is 2. The molecule has 0 atom stereocenters. The van der Waals surface area contributed by atoms with Crippen molar-refractivity contribution in [3.05, 3.63) is 93.7 Å². The summed E-state index contributed by atoms with van der Waals surface area (Å²) in [5.41, 5.74) is 2.88. The number of aromatic nitrogens is 2. The maximum absolute atomic E-state index is 13.1. The number of amides is 1. The van der Waals surface area contributed by atoms with Gasteiger partial charge in [0.25, 0.3) is 11.7 Å². The predicted molar refractivity (Wildman–Crippen MR) is 119 cm³/mol. The van der Waals surface area contributed by atoms with Gasteiger partial charge in [-0.05, 0) is 48.9 Å². The molecule has 2 aromatic carbocycles. The molecule has 30 heavy (non-hydrogen) atoms. The van der Waals surface area contributed by atoms with Crippen LogP contribution in [0, 0.1) is 6.92 Å². The number of benzene rings is 2. The average molecular weight is 438 g/mol. The molecule has 7 heteroatoms. The van der Waals surface area contributed by atoms with Crippen LogP contribution in [-0.2, 0) is 11.3 Å². The summed E-state index contributed by atoms with van der Waals surface area (Å²) in [6.45, 7) is 2.36. The second-order valence-electron chi connectivity index (χ2n) is 6.90. The van der Waals surface area contributed by atoms with Gasteiger partial charge >= 0.3 is 0 Å². The standard InChI is InChI=1S/C23H17Cl2N3O2/c1-14-5-10-18-17(12-14)20(21(29)23(30)27-19-4-2-3-11-26-19)22(25)28(18)13-15-6-8-16(24)9-7-15/h2-12H,13H2,1H3,(H,26,27,30). The Hall–Kier alpha value is -3.15. The summed E-state index contributed by atoms with van der Waals surface area (Å²) in [5.74, 6) is -1.20. The maximum Gasteiger partial charge on any atom is 0.298 e. The van der Waals surface area contributed by atoms with Crippen molar-refractivity contribution in [2.24, 2.45) is 0 Å². The minimum atomic E-state index is -0.789. The van der Waals surface area contributed by atoms with Crippen molar-refractivity contribution < 1.29 is 9.59 Å².